The summed E-state index contributed by atoms with van der Waals surface area (Å²) < 4.78 is 17.1. The number of rotatable bonds is 9. The molecule has 0 spiro atoms. The van der Waals surface area contributed by atoms with Gasteiger partial charge in [-0.25, -0.2) is 4.79 Å². The van der Waals surface area contributed by atoms with Crippen LogP contribution < -0.4 is 5.32 Å². The van der Waals surface area contributed by atoms with Crippen molar-refractivity contribution in [3.8, 4) is 11.4 Å². The molecular weight excluding hydrogens is 566 g/mol. The highest BCUT2D eigenvalue weighted by Crippen LogP contribution is 2.35. The number of hydrogen-bond acceptors (Lipinski definition) is 13. The fraction of sp³-hybridized carbons (Fsp3) is 0.643. The third-order valence-electron chi connectivity index (χ3n) is 7.76. The molecule has 0 bridgehead atoms. The number of benzene rings is 1. The first-order valence-electron chi connectivity index (χ1n) is 14.1. The van der Waals surface area contributed by atoms with Gasteiger partial charge in [-0.2, -0.15) is 0 Å². The second-order valence-electron chi connectivity index (χ2n) is 11.6. The Labute approximate surface area is 248 Å². The normalized spacial score (nSPS) is 33.0. The largest absolute Gasteiger partial charge is 0.479 e. The maximum atomic E-state index is 13.4. The van der Waals surface area contributed by atoms with Gasteiger partial charge in [-0.05, 0) is 24.3 Å². The minimum atomic E-state index is -1.72. The lowest BCUT2D eigenvalue weighted by molar-refractivity contribution is -0.330. The lowest BCUT2D eigenvalue weighted by atomic mass is 9.80. The Hall–Kier alpha value is -3.18. The fourth-order valence-corrected chi connectivity index (χ4v) is 5.38. The lowest BCUT2D eigenvalue weighted by Gasteiger charge is -2.47. The molecule has 6 N–H and O–H groups in total. The highest BCUT2D eigenvalue weighted by atomic mass is 16.7. The van der Waals surface area contributed by atoms with Gasteiger partial charge in [0.1, 0.15) is 30.5 Å². The molecule has 15 nitrogen and oxygen atoms in total. The Bertz CT molecular complexity index is 1250. The first kappa shape index (κ1) is 32.7. The SMILES string of the molecule is Cc1nnc(-c2ccc(CNC(=O)C3OC(OC4C(C(=O)O)OC(C(C)C)C(O)C4O)C(O)C(O)C3C(C)C)cc2)nn1. The number of carboxylic acid groups (broad SMARTS) is 1. The van der Waals surface area contributed by atoms with Crippen molar-refractivity contribution in [2.24, 2.45) is 17.8 Å². The van der Waals surface area contributed by atoms with Crippen LogP contribution in [0.25, 0.3) is 11.4 Å². The molecule has 10 atom stereocenters. The standard InChI is InChI=1S/C28H39N5O10/c1-11(2)16-17(34)20(37)28(43-23-19(36)18(35)21(12(3)4)41-24(23)27(39)40)42-22(16)26(38)29-10-14-6-8-15(9-7-14)25-32-30-13(5)31-33-25/h6-9,11-12,16-24,28,34-37H,10H2,1-5H3,(H,29,38)(H,39,40). The molecule has 10 unspecified atom stereocenters. The van der Waals surface area contributed by atoms with E-state index in [1.807, 2.05) is 0 Å². The van der Waals surface area contributed by atoms with Crippen LogP contribution >= 0.6 is 0 Å². The van der Waals surface area contributed by atoms with Crippen molar-refractivity contribution in [2.75, 3.05) is 0 Å². The van der Waals surface area contributed by atoms with Crippen LogP contribution in [-0.4, -0.2) is 113 Å². The van der Waals surface area contributed by atoms with Crippen LogP contribution in [0, 0.1) is 24.7 Å². The van der Waals surface area contributed by atoms with Crippen LogP contribution in [0.15, 0.2) is 24.3 Å². The maximum Gasteiger partial charge on any atom is 0.335 e. The van der Waals surface area contributed by atoms with E-state index in [9.17, 15) is 35.1 Å². The van der Waals surface area contributed by atoms with Crippen LogP contribution in [0.2, 0.25) is 0 Å². The van der Waals surface area contributed by atoms with Crippen LogP contribution in [-0.2, 0) is 30.3 Å². The highest BCUT2D eigenvalue weighted by Gasteiger charge is 2.54. The Balaban J connectivity index is 1.48. The predicted octanol–water partition coefficient (Wildman–Crippen LogP) is -0.808. The average Bonchev–Trinajstić information content (AvgIpc) is 2.96. The number of aliphatic carboxylic acids is 1. The molecule has 1 amide bonds. The summed E-state index contributed by atoms with van der Waals surface area (Å²) in [5.41, 5.74) is 1.41. The number of ether oxygens (including phenoxy) is 3. The molecule has 43 heavy (non-hydrogen) atoms. The lowest BCUT2D eigenvalue weighted by Crippen LogP contribution is -2.65. The van der Waals surface area contributed by atoms with Crippen molar-refractivity contribution in [1.29, 1.82) is 0 Å². The zero-order valence-corrected chi connectivity index (χ0v) is 24.5. The van der Waals surface area contributed by atoms with Gasteiger partial charge in [-0.15, -0.1) is 20.4 Å². The number of carbonyl (C=O) groups is 2. The molecule has 2 aliphatic rings. The number of nitrogens with one attached hydrogen (secondary N) is 1. The molecule has 0 radical (unpaired) electrons. The van der Waals surface area contributed by atoms with E-state index in [2.05, 4.69) is 25.7 Å². The van der Waals surface area contributed by atoms with Crippen molar-refractivity contribution in [3.05, 3.63) is 35.7 Å². The zero-order chi connectivity index (χ0) is 31.6. The summed E-state index contributed by atoms with van der Waals surface area (Å²) in [7, 11) is 0. The molecule has 2 aliphatic heterocycles. The van der Waals surface area contributed by atoms with E-state index in [-0.39, 0.29) is 18.4 Å². The van der Waals surface area contributed by atoms with Crippen molar-refractivity contribution in [3.63, 3.8) is 0 Å². The number of aliphatic hydroxyl groups excluding tert-OH is 4. The Morgan fingerprint density at radius 2 is 1.49 bits per heavy atom. The van der Waals surface area contributed by atoms with Gasteiger partial charge in [0.2, 0.25) is 11.7 Å². The van der Waals surface area contributed by atoms with Gasteiger partial charge < -0.3 is 45.1 Å². The number of carbonyl (C=O) groups excluding carboxylic acids is 1. The quantitative estimate of drug-likeness (QED) is 0.206. The monoisotopic (exact) mass is 605 g/mol. The number of nitrogens with zero attached hydrogens (tertiary/aromatic N) is 4. The van der Waals surface area contributed by atoms with Crippen LogP contribution in [0.3, 0.4) is 0 Å². The zero-order valence-electron chi connectivity index (χ0n) is 24.5. The molecule has 4 rings (SSSR count). The Kier molecular flexibility index (Phi) is 10.4. The first-order valence-corrected chi connectivity index (χ1v) is 14.1. The summed E-state index contributed by atoms with van der Waals surface area (Å²) in [4.78, 5) is 25.4. The number of carboxylic acids is 1. The maximum absolute atomic E-state index is 13.4. The van der Waals surface area contributed by atoms with Gasteiger partial charge in [-0.1, -0.05) is 52.0 Å². The van der Waals surface area contributed by atoms with Crippen molar-refractivity contribution in [1.82, 2.24) is 25.7 Å². The number of aromatic nitrogens is 4. The van der Waals surface area contributed by atoms with Gasteiger partial charge in [0.05, 0.1) is 12.2 Å². The molecule has 0 saturated carbocycles. The molecule has 236 valence electrons. The van der Waals surface area contributed by atoms with E-state index in [1.54, 1.807) is 58.9 Å². The predicted molar refractivity (Wildman–Crippen MR) is 147 cm³/mol. The van der Waals surface area contributed by atoms with E-state index in [4.69, 9.17) is 14.2 Å². The fourth-order valence-electron chi connectivity index (χ4n) is 5.38. The third kappa shape index (κ3) is 7.15. The van der Waals surface area contributed by atoms with Gasteiger partial charge in [0.25, 0.3) is 0 Å². The third-order valence-corrected chi connectivity index (χ3v) is 7.76. The average molecular weight is 606 g/mol. The Morgan fingerprint density at radius 1 is 0.860 bits per heavy atom. The smallest absolute Gasteiger partial charge is 0.335 e. The topological polar surface area (TPSA) is 227 Å². The highest BCUT2D eigenvalue weighted by molar-refractivity contribution is 5.81. The van der Waals surface area contributed by atoms with Gasteiger partial charge >= 0.3 is 5.97 Å². The number of aliphatic hydroxyl groups is 4. The van der Waals surface area contributed by atoms with Crippen molar-refractivity contribution in [2.45, 2.75) is 96.3 Å². The number of hydrogen-bond donors (Lipinski definition) is 6. The number of aryl methyl sites for hydroxylation is 1. The molecular formula is C28H39N5O10. The van der Waals surface area contributed by atoms with E-state index >= 15 is 0 Å². The summed E-state index contributed by atoms with van der Waals surface area (Å²) in [5, 5.41) is 71.5. The molecule has 0 aliphatic carbocycles. The van der Waals surface area contributed by atoms with Gasteiger partial charge in [0, 0.05) is 18.0 Å². The van der Waals surface area contributed by atoms with Crippen LogP contribution in [0.4, 0.5) is 0 Å². The second kappa shape index (κ2) is 13.6. The van der Waals surface area contributed by atoms with E-state index in [0.29, 0.717) is 17.2 Å². The van der Waals surface area contributed by atoms with Crippen molar-refractivity contribution >= 4 is 11.9 Å². The first-order chi connectivity index (χ1) is 20.3. The summed E-state index contributed by atoms with van der Waals surface area (Å²) in [6.07, 6.45) is -13.8. The van der Waals surface area contributed by atoms with Crippen LogP contribution in [0.1, 0.15) is 39.1 Å². The number of amides is 1. The summed E-state index contributed by atoms with van der Waals surface area (Å²) >= 11 is 0. The van der Waals surface area contributed by atoms with Gasteiger partial charge in [0.15, 0.2) is 18.2 Å². The minimum Gasteiger partial charge on any atom is -0.479 e. The molecule has 1 aromatic carbocycles. The second-order valence-corrected chi connectivity index (χ2v) is 11.6. The van der Waals surface area contributed by atoms with E-state index < -0.39 is 72.9 Å². The summed E-state index contributed by atoms with van der Waals surface area (Å²) in [5.74, 6) is -2.77. The van der Waals surface area contributed by atoms with Gasteiger partial charge in [-0.3, -0.25) is 4.79 Å². The van der Waals surface area contributed by atoms with Crippen LogP contribution in [0.5, 0.6) is 0 Å². The van der Waals surface area contributed by atoms with E-state index in [0.717, 1.165) is 5.56 Å². The summed E-state index contributed by atoms with van der Waals surface area (Å²) in [6, 6.07) is 7.03. The molecule has 2 saturated heterocycles. The molecule has 15 heteroatoms. The molecule has 2 aromatic rings. The minimum absolute atomic E-state index is 0.0955. The Morgan fingerprint density at radius 3 is 2.05 bits per heavy atom. The molecule has 1 aromatic heterocycles. The van der Waals surface area contributed by atoms with E-state index in [1.165, 1.54) is 0 Å². The molecule has 3 heterocycles. The summed E-state index contributed by atoms with van der Waals surface area (Å²) in [6.45, 7) is 8.67. The molecule has 2 fully saturated rings. The van der Waals surface area contributed by atoms with Crippen molar-refractivity contribution < 1.29 is 49.3 Å².